The van der Waals surface area contributed by atoms with Gasteiger partial charge in [0.15, 0.2) is 16.9 Å². The number of carbonyl (C=O) groups is 2. The van der Waals surface area contributed by atoms with Crippen LogP contribution in [-0.4, -0.2) is 41.5 Å². The fourth-order valence-electron chi connectivity index (χ4n) is 6.36. The van der Waals surface area contributed by atoms with E-state index in [4.69, 9.17) is 24.1 Å². The van der Waals surface area contributed by atoms with Crippen molar-refractivity contribution in [1.82, 2.24) is 4.90 Å². The number of hydrogen-bond acceptors (Lipinski definition) is 4. The first-order valence-corrected chi connectivity index (χ1v) is 26.2. The van der Waals surface area contributed by atoms with Crippen LogP contribution in [0.1, 0.15) is 50.2 Å². The van der Waals surface area contributed by atoms with E-state index < -0.39 is 23.0 Å². The molecule has 2 fully saturated rings. The van der Waals surface area contributed by atoms with Crippen molar-refractivity contribution < 1.29 is 22.8 Å². The number of alkyl halides is 3. The highest BCUT2D eigenvalue weighted by Gasteiger charge is 2.59. The van der Waals surface area contributed by atoms with Crippen molar-refractivity contribution in [2.45, 2.75) is 57.2 Å². The van der Waals surface area contributed by atoms with E-state index in [2.05, 4.69) is 325 Å². The van der Waals surface area contributed by atoms with Crippen molar-refractivity contribution in [3.8, 4) is 326 Å². The predicted octanol–water partition coefficient (Wildman–Crippen LogP) is 6.35. The van der Waals surface area contributed by atoms with Crippen LogP contribution in [0.3, 0.4) is 0 Å². The standard InChI is InChI=1S/C56H3N.C26H25F3N4O2S/c1-2-3-4-5-6-7-8-9-10-11-12-13-14-15-16-17-18-19-20-21-22-23-24-25-26-27-28-29-30-31-32-33-34-35-36-37-38-39-40-41-42-43-44-45-46-47-48-49-50-51-52-53-54-55-56-57;1-30-21-13-12-19(16-20(21)26(27,28)29)32-23(35)25(14-5-15-25)33(24(32)36)18-10-8-17(9-11-18)6-4-7-22(34)31(2)3/h1H3;8-13,16H,4-7,14-15H2,2-3H3. The molecule has 0 aromatic heterocycles. The SMILES string of the molecule is CC#CC#CC#CC#CC#CC#CC#CC#CC#CC#CC#CC#CC#CC#CC#CC#CC#CC#CC#CC#CC#CC#CC#CC#CC#CC#CC#CC#N.[C-]#[N+]c1ccc(N2C(=O)C3(CCC3)N(c3ccc(CCCC(=O)N(C)C)cc3)C2=S)cc1C(F)(F)F. The molecule has 2 aromatic rings. The van der Waals surface area contributed by atoms with Crippen molar-refractivity contribution >= 4 is 46.2 Å². The van der Waals surface area contributed by atoms with Crippen LogP contribution in [0, 0.1) is 338 Å². The lowest BCUT2D eigenvalue weighted by molar-refractivity contribution is -0.137. The zero-order valence-electron chi connectivity index (χ0n) is 48.9. The Morgan fingerprint density at radius 2 is 0.817 bits per heavy atom. The van der Waals surface area contributed by atoms with Crippen molar-refractivity contribution in [2.24, 2.45) is 0 Å². The second-order valence-electron chi connectivity index (χ2n) is 16.2. The fraction of sp³-hybridized carbons (Fsp3) is 0.134. The Balaban J connectivity index is 0.000000532. The molecule has 2 aromatic carbocycles. The van der Waals surface area contributed by atoms with E-state index in [9.17, 15) is 22.8 Å². The van der Waals surface area contributed by atoms with Gasteiger partial charge in [-0.25, -0.2) is 4.85 Å². The van der Waals surface area contributed by atoms with Crippen molar-refractivity contribution in [3.05, 3.63) is 65.0 Å². The second-order valence-corrected chi connectivity index (χ2v) is 16.6. The van der Waals surface area contributed by atoms with Gasteiger partial charge in [0.05, 0.1) is 12.1 Å². The van der Waals surface area contributed by atoms with Gasteiger partial charge in [-0.15, -0.1) is 0 Å². The fourth-order valence-corrected chi connectivity index (χ4v) is 6.83. The zero-order valence-corrected chi connectivity index (χ0v) is 49.7. The second kappa shape index (κ2) is 44.7. The maximum atomic E-state index is 13.6. The van der Waals surface area contributed by atoms with Crippen LogP contribution in [-0.2, 0) is 22.2 Å². The minimum absolute atomic E-state index is 0.000629. The summed E-state index contributed by atoms with van der Waals surface area (Å²) in [6.45, 7) is 8.75. The Labute approximate surface area is 547 Å². The molecule has 2 aliphatic rings. The summed E-state index contributed by atoms with van der Waals surface area (Å²) < 4.78 is 40.7. The molecule has 1 heterocycles. The van der Waals surface area contributed by atoms with E-state index in [1.807, 2.05) is 24.3 Å². The maximum absolute atomic E-state index is 13.6. The molecule has 1 spiro atoms. The Bertz CT molecular complexity index is 5430. The number of carbonyl (C=O) groups excluding carboxylic acids is 2. The van der Waals surface area contributed by atoms with Gasteiger partial charge in [-0.05, 0) is 128 Å². The molecule has 1 aliphatic carbocycles. The molecule has 0 atom stereocenters. The van der Waals surface area contributed by atoms with E-state index in [1.165, 1.54) is 6.07 Å². The first-order chi connectivity index (χ1) is 45.4. The molecule has 11 heteroatoms. The van der Waals surface area contributed by atoms with Crippen LogP contribution in [0.5, 0.6) is 0 Å². The van der Waals surface area contributed by atoms with E-state index >= 15 is 0 Å². The summed E-state index contributed by atoms with van der Waals surface area (Å²) in [4.78, 5) is 32.8. The molecule has 1 saturated heterocycles. The Morgan fingerprint density at radius 3 is 1.08 bits per heavy atom. The van der Waals surface area contributed by atoms with Gasteiger partial charge < -0.3 is 9.80 Å². The van der Waals surface area contributed by atoms with Crippen molar-refractivity contribution in [2.75, 3.05) is 23.9 Å². The molecule has 0 unspecified atom stereocenters. The number of anilines is 2. The molecule has 93 heavy (non-hydrogen) atoms. The smallest absolute Gasteiger partial charge is 0.349 e. The molecule has 1 saturated carbocycles. The van der Waals surface area contributed by atoms with Gasteiger partial charge in [0.1, 0.15) is 5.54 Å². The average molecular weight is 1200 g/mol. The summed E-state index contributed by atoms with van der Waals surface area (Å²) in [5, 5.41) is 8.31. The number of nitriles is 1. The number of benzene rings is 2. The lowest BCUT2D eigenvalue weighted by Crippen LogP contribution is -2.55. The topological polar surface area (TPSA) is 72.0 Å². The lowest BCUT2D eigenvalue weighted by Gasteiger charge is -2.43. The van der Waals surface area contributed by atoms with Gasteiger partial charge in [-0.2, -0.15) is 18.4 Å². The molecular weight excluding hydrogens is 1180 g/mol. The molecule has 1 aliphatic heterocycles. The first kappa shape index (κ1) is 71.4. The van der Waals surface area contributed by atoms with Gasteiger partial charge in [-0.1, -0.05) is 24.1 Å². The van der Waals surface area contributed by atoms with E-state index in [0.717, 1.165) is 29.0 Å². The summed E-state index contributed by atoms with van der Waals surface area (Å²) in [5.41, 5.74) is -0.817. The van der Waals surface area contributed by atoms with Gasteiger partial charge in [0.25, 0.3) is 5.91 Å². The third-order valence-corrected chi connectivity index (χ3v) is 10.6. The Kier molecular flexibility index (Phi) is 34.3. The predicted molar refractivity (Wildman–Crippen MR) is 356 cm³/mol. The summed E-state index contributed by atoms with van der Waals surface area (Å²) in [7, 11) is 3.44. The molecular formula is C82H28F3N5O2S. The van der Waals surface area contributed by atoms with Gasteiger partial charge in [-0.3, -0.25) is 14.5 Å². The molecule has 4 rings (SSSR count). The van der Waals surface area contributed by atoms with E-state index in [0.29, 0.717) is 37.8 Å². The quantitative estimate of drug-likeness (QED) is 0.192. The van der Waals surface area contributed by atoms with Gasteiger partial charge in [0.2, 0.25) is 5.91 Å². The normalized spacial score (nSPS) is 8.90. The summed E-state index contributed by atoms with van der Waals surface area (Å²) in [5.74, 6) is 134. The number of rotatable bonds is 6. The van der Waals surface area contributed by atoms with Crippen LogP contribution < -0.4 is 9.80 Å². The van der Waals surface area contributed by atoms with Crippen LogP contribution in [0.15, 0.2) is 42.5 Å². The van der Waals surface area contributed by atoms with Gasteiger partial charge in [0, 0.05) is 298 Å². The van der Waals surface area contributed by atoms with E-state index in [1.54, 1.807) is 36.9 Å². The van der Waals surface area contributed by atoms with Gasteiger partial charge >= 0.3 is 6.18 Å². The lowest BCUT2D eigenvalue weighted by atomic mass is 9.75. The Hall–Kier alpha value is -15.8. The summed E-state index contributed by atoms with van der Waals surface area (Å²) in [6.07, 6.45) is -0.969. The molecule has 420 valence electrons. The largest absolute Gasteiger partial charge is 0.407 e. The van der Waals surface area contributed by atoms with Crippen molar-refractivity contribution in [3.63, 3.8) is 0 Å². The number of amides is 2. The molecule has 0 radical (unpaired) electrons. The van der Waals surface area contributed by atoms with Crippen molar-refractivity contribution in [1.29, 1.82) is 5.26 Å². The third kappa shape index (κ3) is 29.5. The molecule has 2 amide bonds. The minimum Gasteiger partial charge on any atom is -0.349 e. The number of halogens is 3. The number of nitrogens with zero attached hydrogens (tertiary/aromatic N) is 5. The highest BCUT2D eigenvalue weighted by molar-refractivity contribution is 7.81. The molecule has 0 N–H and O–H groups in total. The highest BCUT2D eigenvalue weighted by atomic mass is 32.1. The highest BCUT2D eigenvalue weighted by Crippen LogP contribution is 2.49. The average Bonchev–Trinajstić information content (AvgIpc) is 1.57. The van der Waals surface area contributed by atoms with Crippen LogP contribution in [0.2, 0.25) is 0 Å². The summed E-state index contributed by atoms with van der Waals surface area (Å²) >= 11 is 5.65. The zero-order chi connectivity index (χ0) is 67.1. The van der Waals surface area contributed by atoms with Crippen LogP contribution in [0.4, 0.5) is 30.2 Å². The maximum Gasteiger partial charge on any atom is 0.407 e. The monoisotopic (exact) mass is 1200 g/mol. The first-order valence-electron chi connectivity index (χ1n) is 25.8. The molecule has 0 bridgehead atoms. The van der Waals surface area contributed by atoms with E-state index in [-0.39, 0.29) is 22.6 Å². The van der Waals surface area contributed by atoms with Crippen LogP contribution >= 0.6 is 12.2 Å². The number of hydrogen-bond donors (Lipinski definition) is 0. The minimum atomic E-state index is -4.74. The Morgan fingerprint density at radius 1 is 0.516 bits per heavy atom. The van der Waals surface area contributed by atoms with Crippen LogP contribution in [0.25, 0.3) is 4.85 Å². The number of aryl methyl sites for hydroxylation is 1. The third-order valence-electron chi connectivity index (χ3n) is 10.2. The summed E-state index contributed by atoms with van der Waals surface area (Å²) in [6, 6.07) is 12.4. The number of thiocarbonyl (C=S) groups is 1. The molecule has 7 nitrogen and oxygen atoms in total.